The molecule has 0 saturated heterocycles. The molecule has 0 aliphatic carbocycles. The molecule has 43 heavy (non-hydrogen) atoms. The van der Waals surface area contributed by atoms with E-state index < -0.39 is 21.9 Å². The van der Waals surface area contributed by atoms with Crippen LogP contribution in [0.1, 0.15) is 24.4 Å². The van der Waals surface area contributed by atoms with Crippen LogP contribution >= 0.6 is 11.3 Å². The molecule has 220 valence electrons. The molecule has 6 aromatic rings. The molecule has 0 amide bonds. The fourth-order valence-corrected chi connectivity index (χ4v) is 6.46. The molecule has 0 radical (unpaired) electrons. The molecule has 3 N–H and O–H groups in total. The molecule has 1 atom stereocenters. The van der Waals surface area contributed by atoms with Crippen molar-refractivity contribution in [3.8, 4) is 28.1 Å². The molecule has 0 aliphatic rings. The van der Waals surface area contributed by atoms with Crippen LogP contribution in [0.25, 0.3) is 38.4 Å². The maximum Gasteiger partial charge on any atom is 0.266 e. The number of methoxy groups -OCH3 is 1. The highest BCUT2D eigenvalue weighted by atomic mass is 32.2. The second-order valence-corrected chi connectivity index (χ2v) is 12.5. The molecule has 2 aromatic carbocycles. The number of benzene rings is 2. The van der Waals surface area contributed by atoms with Gasteiger partial charge in [-0.25, -0.2) is 32.4 Å². The van der Waals surface area contributed by atoms with Crippen LogP contribution in [0.5, 0.6) is 5.75 Å². The lowest BCUT2D eigenvalue weighted by atomic mass is 10.0. The first-order valence-electron chi connectivity index (χ1n) is 12.9. The number of rotatable bonds is 7. The molecular formula is C28H25FN8O4S2. The van der Waals surface area contributed by atoms with Gasteiger partial charge < -0.3 is 10.5 Å². The van der Waals surface area contributed by atoms with Crippen LogP contribution in [0.2, 0.25) is 0 Å². The van der Waals surface area contributed by atoms with Crippen LogP contribution in [0.15, 0.2) is 59.0 Å². The van der Waals surface area contributed by atoms with Crippen LogP contribution in [0, 0.1) is 12.7 Å². The first kappa shape index (κ1) is 28.2. The van der Waals surface area contributed by atoms with Gasteiger partial charge in [0.15, 0.2) is 10.6 Å². The predicted molar refractivity (Wildman–Crippen MR) is 163 cm³/mol. The number of nitrogens with one attached hydrogen (secondary N) is 1. The van der Waals surface area contributed by atoms with Crippen molar-refractivity contribution in [2.24, 2.45) is 0 Å². The first-order chi connectivity index (χ1) is 20.5. The van der Waals surface area contributed by atoms with Gasteiger partial charge >= 0.3 is 0 Å². The maximum atomic E-state index is 14.4. The van der Waals surface area contributed by atoms with Gasteiger partial charge in [0, 0.05) is 16.6 Å². The van der Waals surface area contributed by atoms with Crippen molar-refractivity contribution in [1.82, 2.24) is 29.1 Å². The number of hydrogen-bond donors (Lipinski definition) is 2. The molecule has 0 bridgehead atoms. The third kappa shape index (κ3) is 4.95. The predicted octanol–water partition coefficient (Wildman–Crippen LogP) is 4.25. The van der Waals surface area contributed by atoms with Gasteiger partial charge in [-0.15, -0.1) is 11.3 Å². The van der Waals surface area contributed by atoms with E-state index >= 15 is 0 Å². The van der Waals surface area contributed by atoms with E-state index in [1.165, 1.54) is 47.4 Å². The second-order valence-electron chi connectivity index (χ2n) is 9.90. The lowest BCUT2D eigenvalue weighted by Crippen LogP contribution is -2.23. The van der Waals surface area contributed by atoms with E-state index in [9.17, 15) is 17.6 Å². The monoisotopic (exact) mass is 620 g/mol. The minimum atomic E-state index is -3.63. The number of anilines is 2. The average Bonchev–Trinajstić information content (AvgIpc) is 3.53. The van der Waals surface area contributed by atoms with Crippen molar-refractivity contribution >= 4 is 48.9 Å². The Kier molecular flexibility index (Phi) is 6.85. The van der Waals surface area contributed by atoms with E-state index in [-0.39, 0.29) is 22.6 Å². The summed E-state index contributed by atoms with van der Waals surface area (Å²) < 4.78 is 49.3. The van der Waals surface area contributed by atoms with Gasteiger partial charge in [-0.2, -0.15) is 5.10 Å². The Labute approximate surface area is 248 Å². The van der Waals surface area contributed by atoms with Gasteiger partial charge in [0.1, 0.15) is 29.4 Å². The van der Waals surface area contributed by atoms with E-state index in [0.29, 0.717) is 50.0 Å². The molecule has 0 fully saturated rings. The first-order valence-corrected chi connectivity index (χ1v) is 15.7. The normalized spacial score (nSPS) is 12.6. The molecule has 0 aliphatic heterocycles. The highest BCUT2D eigenvalue weighted by molar-refractivity contribution is 7.92. The van der Waals surface area contributed by atoms with Crippen LogP contribution in [-0.2, 0) is 10.0 Å². The molecule has 0 saturated carbocycles. The summed E-state index contributed by atoms with van der Waals surface area (Å²) in [6.07, 6.45) is 2.34. The van der Waals surface area contributed by atoms with E-state index in [1.54, 1.807) is 42.8 Å². The van der Waals surface area contributed by atoms with E-state index in [0.717, 1.165) is 6.26 Å². The van der Waals surface area contributed by atoms with Crippen molar-refractivity contribution in [3.05, 3.63) is 81.7 Å². The largest absolute Gasteiger partial charge is 0.495 e. The summed E-state index contributed by atoms with van der Waals surface area (Å²) in [5.41, 5.74) is 9.10. The fourth-order valence-electron chi connectivity index (χ4n) is 5.03. The van der Waals surface area contributed by atoms with E-state index in [1.807, 2.05) is 5.38 Å². The lowest BCUT2D eigenvalue weighted by Gasteiger charge is -2.17. The van der Waals surface area contributed by atoms with Gasteiger partial charge in [0.25, 0.3) is 5.56 Å². The van der Waals surface area contributed by atoms with Crippen molar-refractivity contribution in [1.29, 1.82) is 0 Å². The van der Waals surface area contributed by atoms with Crippen LogP contribution in [-0.4, -0.2) is 50.9 Å². The lowest BCUT2D eigenvalue weighted by molar-refractivity contribution is 0.417. The zero-order chi connectivity index (χ0) is 30.6. The number of ether oxygens (including phenoxy) is 1. The van der Waals surface area contributed by atoms with Gasteiger partial charge in [-0.3, -0.25) is 13.9 Å². The van der Waals surface area contributed by atoms with Crippen molar-refractivity contribution in [2.75, 3.05) is 23.8 Å². The summed E-state index contributed by atoms with van der Waals surface area (Å²) in [6.45, 7) is 3.61. The van der Waals surface area contributed by atoms with Crippen LogP contribution < -0.4 is 20.8 Å². The number of halogens is 1. The number of aromatic nitrogens is 6. The third-order valence-corrected chi connectivity index (χ3v) is 8.46. The molecule has 12 nitrogen and oxygen atoms in total. The van der Waals surface area contributed by atoms with E-state index in [4.69, 9.17) is 20.6 Å². The summed E-state index contributed by atoms with van der Waals surface area (Å²) in [5, 5.41) is 7.10. The van der Waals surface area contributed by atoms with Crippen molar-refractivity contribution in [3.63, 3.8) is 0 Å². The molecule has 4 heterocycles. The summed E-state index contributed by atoms with van der Waals surface area (Å²) in [6, 6.07) is 10.0. The average molecular weight is 621 g/mol. The van der Waals surface area contributed by atoms with Gasteiger partial charge in [-0.05, 0) is 49.7 Å². The Morgan fingerprint density at radius 3 is 2.65 bits per heavy atom. The zero-order valence-corrected chi connectivity index (χ0v) is 25.0. The van der Waals surface area contributed by atoms with Crippen LogP contribution in [0.3, 0.4) is 0 Å². The Balaban J connectivity index is 1.60. The SMILES string of the molecule is COc1ccc(-c2nn([C@@H](C)c3nc4scc(C)n4c(=O)c3-c3cccc(F)c3)c3ncnc(N)c23)cc1NS(C)(=O)=O. The van der Waals surface area contributed by atoms with Crippen LogP contribution in [0.4, 0.5) is 15.9 Å². The van der Waals surface area contributed by atoms with Crippen molar-refractivity contribution in [2.45, 2.75) is 19.9 Å². The number of aryl methyl sites for hydroxylation is 1. The molecule has 0 spiro atoms. The summed E-state index contributed by atoms with van der Waals surface area (Å²) in [7, 11) is -2.20. The fraction of sp³-hybridized carbons (Fsp3) is 0.179. The maximum absolute atomic E-state index is 14.4. The standard InChI is InChI=1S/C28H25FN8O4S2/c1-14-12-42-28-33-23(21(27(38)36(14)28)16-6-5-7-18(29)10-16)15(2)37-26-22(25(30)31-13-32-26)24(34-37)17-8-9-20(41-3)19(11-17)35-43(4,39)40/h5-13,15,35H,1-4H3,(H2,30,31,32)/t15-/m0/s1. The Morgan fingerprint density at radius 2 is 1.93 bits per heavy atom. The summed E-state index contributed by atoms with van der Waals surface area (Å²) in [4.78, 5) is 27.8. The number of nitrogens with zero attached hydrogens (tertiary/aromatic N) is 6. The van der Waals surface area contributed by atoms with Gasteiger partial charge in [0.2, 0.25) is 10.0 Å². The number of hydrogen-bond acceptors (Lipinski definition) is 10. The quantitative estimate of drug-likeness (QED) is 0.266. The Bertz CT molecular complexity index is 2230. The smallest absolute Gasteiger partial charge is 0.266 e. The number of thiazole rings is 1. The highest BCUT2D eigenvalue weighted by Gasteiger charge is 2.27. The number of nitrogen functional groups attached to an aromatic ring is 1. The number of sulfonamides is 1. The minimum absolute atomic E-state index is 0.148. The third-order valence-electron chi connectivity index (χ3n) is 6.93. The molecule has 4 aromatic heterocycles. The van der Waals surface area contributed by atoms with Crippen molar-refractivity contribution < 1.29 is 17.5 Å². The second kappa shape index (κ2) is 10.4. The highest BCUT2D eigenvalue weighted by Crippen LogP contribution is 2.38. The topological polar surface area (TPSA) is 159 Å². The summed E-state index contributed by atoms with van der Waals surface area (Å²) >= 11 is 1.31. The molecule has 0 unspecified atom stereocenters. The minimum Gasteiger partial charge on any atom is -0.495 e. The molecule has 6 rings (SSSR count). The number of fused-ring (bicyclic) bond motifs is 2. The summed E-state index contributed by atoms with van der Waals surface area (Å²) in [5.74, 6) is -0.0398. The Morgan fingerprint density at radius 1 is 1.14 bits per heavy atom. The van der Waals surface area contributed by atoms with Gasteiger partial charge in [0.05, 0.1) is 41.7 Å². The zero-order valence-electron chi connectivity index (χ0n) is 23.4. The van der Waals surface area contributed by atoms with E-state index in [2.05, 4.69) is 14.7 Å². The molecule has 15 heteroatoms. The van der Waals surface area contributed by atoms with Gasteiger partial charge in [-0.1, -0.05) is 12.1 Å². The molecular weight excluding hydrogens is 595 g/mol. The Hall–Kier alpha value is -4.89. The number of nitrogens with two attached hydrogens (primary N) is 1.